The lowest BCUT2D eigenvalue weighted by molar-refractivity contribution is -0.132. The fourth-order valence-electron chi connectivity index (χ4n) is 3.40. The molecule has 0 aliphatic heterocycles. The SMILES string of the molecule is C[C@@H](c1nc2ccccc2s1)N(C)C(=O)C(c1ccccc1)c1ccccc1. The summed E-state index contributed by atoms with van der Waals surface area (Å²) >= 11 is 1.65. The lowest BCUT2D eigenvalue weighted by Crippen LogP contribution is -2.34. The average Bonchev–Trinajstić information content (AvgIpc) is 3.18. The molecule has 4 rings (SSSR count). The number of carbonyl (C=O) groups is 1. The summed E-state index contributed by atoms with van der Waals surface area (Å²) in [4.78, 5) is 20.1. The minimum absolute atomic E-state index is 0.0733. The first-order valence-electron chi connectivity index (χ1n) is 9.37. The molecule has 0 bridgehead atoms. The number of benzene rings is 3. The first-order valence-corrected chi connectivity index (χ1v) is 10.2. The second kappa shape index (κ2) is 7.95. The number of fused-ring (bicyclic) bond motifs is 1. The van der Waals surface area contributed by atoms with E-state index in [1.165, 1.54) is 0 Å². The summed E-state index contributed by atoms with van der Waals surface area (Å²) in [5, 5.41) is 0.955. The highest BCUT2D eigenvalue weighted by Crippen LogP contribution is 2.33. The molecule has 0 spiro atoms. The van der Waals surface area contributed by atoms with Gasteiger partial charge < -0.3 is 4.90 Å². The second-order valence-corrected chi connectivity index (χ2v) is 7.96. The van der Waals surface area contributed by atoms with Crippen LogP contribution in [0.2, 0.25) is 0 Å². The van der Waals surface area contributed by atoms with Crippen molar-refractivity contribution in [3.05, 3.63) is 101 Å². The maximum Gasteiger partial charge on any atom is 0.234 e. The predicted molar refractivity (Wildman–Crippen MR) is 116 cm³/mol. The molecule has 1 aromatic heterocycles. The van der Waals surface area contributed by atoms with Gasteiger partial charge >= 0.3 is 0 Å². The van der Waals surface area contributed by atoms with Gasteiger partial charge in [0.25, 0.3) is 0 Å². The molecule has 1 amide bonds. The first-order chi connectivity index (χ1) is 13.6. The van der Waals surface area contributed by atoms with Crippen molar-refractivity contribution in [1.82, 2.24) is 9.88 Å². The van der Waals surface area contributed by atoms with Crippen molar-refractivity contribution in [2.75, 3.05) is 7.05 Å². The summed E-state index contributed by atoms with van der Waals surface area (Å²) in [6.45, 7) is 2.04. The monoisotopic (exact) mass is 386 g/mol. The Morgan fingerprint density at radius 2 is 1.39 bits per heavy atom. The van der Waals surface area contributed by atoms with E-state index < -0.39 is 0 Å². The van der Waals surface area contributed by atoms with E-state index in [-0.39, 0.29) is 17.9 Å². The predicted octanol–water partition coefficient (Wildman–Crippen LogP) is 5.65. The number of likely N-dealkylation sites (N-methyl/N-ethyl adjacent to an activating group) is 1. The van der Waals surface area contributed by atoms with Gasteiger partial charge in [0.1, 0.15) is 5.01 Å². The highest BCUT2D eigenvalue weighted by Gasteiger charge is 2.29. The minimum Gasteiger partial charge on any atom is -0.336 e. The lowest BCUT2D eigenvalue weighted by Gasteiger charge is -2.28. The van der Waals surface area contributed by atoms with Gasteiger partial charge in [-0.3, -0.25) is 4.79 Å². The first kappa shape index (κ1) is 18.4. The largest absolute Gasteiger partial charge is 0.336 e. The van der Waals surface area contributed by atoms with E-state index in [2.05, 4.69) is 6.07 Å². The zero-order chi connectivity index (χ0) is 19.5. The maximum atomic E-state index is 13.6. The molecule has 28 heavy (non-hydrogen) atoms. The molecule has 0 aliphatic rings. The summed E-state index contributed by atoms with van der Waals surface area (Å²) < 4.78 is 1.15. The number of amides is 1. The molecule has 0 radical (unpaired) electrons. The molecule has 4 heteroatoms. The molecule has 0 saturated heterocycles. The molecule has 4 aromatic rings. The number of rotatable bonds is 5. The van der Waals surface area contributed by atoms with E-state index >= 15 is 0 Å². The van der Waals surface area contributed by atoms with Crippen molar-refractivity contribution in [3.8, 4) is 0 Å². The van der Waals surface area contributed by atoms with Crippen molar-refractivity contribution in [2.24, 2.45) is 0 Å². The Morgan fingerprint density at radius 1 is 0.857 bits per heavy atom. The quantitative estimate of drug-likeness (QED) is 0.444. The summed E-state index contributed by atoms with van der Waals surface area (Å²) in [5.74, 6) is -0.256. The molecule has 3 aromatic carbocycles. The normalized spacial score (nSPS) is 12.2. The van der Waals surface area contributed by atoms with Gasteiger partial charge in [-0.05, 0) is 30.2 Å². The van der Waals surface area contributed by atoms with Gasteiger partial charge in [-0.15, -0.1) is 11.3 Å². The van der Waals surface area contributed by atoms with Gasteiger partial charge in [0.2, 0.25) is 5.91 Å². The van der Waals surface area contributed by atoms with Crippen LogP contribution in [0.25, 0.3) is 10.2 Å². The third-order valence-corrected chi connectivity index (χ3v) is 6.32. The van der Waals surface area contributed by atoms with Crippen LogP contribution in [0.3, 0.4) is 0 Å². The zero-order valence-corrected chi connectivity index (χ0v) is 16.8. The maximum absolute atomic E-state index is 13.6. The Balaban J connectivity index is 1.67. The molecule has 140 valence electrons. The van der Waals surface area contributed by atoms with Gasteiger partial charge in [-0.25, -0.2) is 4.98 Å². The molecule has 0 fully saturated rings. The smallest absolute Gasteiger partial charge is 0.234 e. The Hall–Kier alpha value is -2.98. The van der Waals surface area contributed by atoms with Crippen LogP contribution in [0.4, 0.5) is 0 Å². The van der Waals surface area contributed by atoms with Crippen LogP contribution in [0, 0.1) is 0 Å². The Labute approximate surface area is 169 Å². The molecule has 0 saturated carbocycles. The average molecular weight is 387 g/mol. The molecule has 1 heterocycles. The van der Waals surface area contributed by atoms with Crippen molar-refractivity contribution in [3.63, 3.8) is 0 Å². The third-order valence-electron chi connectivity index (χ3n) is 5.11. The van der Waals surface area contributed by atoms with Crippen molar-refractivity contribution in [1.29, 1.82) is 0 Å². The Kier molecular flexibility index (Phi) is 5.22. The van der Waals surface area contributed by atoms with Gasteiger partial charge in [0.05, 0.1) is 22.2 Å². The van der Waals surface area contributed by atoms with E-state index in [9.17, 15) is 4.79 Å². The third kappa shape index (κ3) is 3.56. The summed E-state index contributed by atoms with van der Waals surface area (Å²) in [7, 11) is 1.87. The number of hydrogen-bond donors (Lipinski definition) is 0. The highest BCUT2D eigenvalue weighted by atomic mass is 32.1. The van der Waals surface area contributed by atoms with E-state index in [0.717, 1.165) is 26.4 Å². The van der Waals surface area contributed by atoms with Crippen LogP contribution in [0.5, 0.6) is 0 Å². The van der Waals surface area contributed by atoms with Crippen molar-refractivity contribution < 1.29 is 4.79 Å². The fourth-order valence-corrected chi connectivity index (χ4v) is 4.46. The number of para-hydroxylation sites is 1. The van der Waals surface area contributed by atoms with Crippen LogP contribution >= 0.6 is 11.3 Å². The summed E-state index contributed by atoms with van der Waals surface area (Å²) in [6.07, 6.45) is 0. The van der Waals surface area contributed by atoms with Crippen LogP contribution in [0.15, 0.2) is 84.9 Å². The van der Waals surface area contributed by atoms with E-state index in [4.69, 9.17) is 4.98 Å². The number of carbonyl (C=O) groups excluding carboxylic acids is 1. The highest BCUT2D eigenvalue weighted by molar-refractivity contribution is 7.18. The minimum atomic E-state index is -0.329. The molecule has 0 N–H and O–H groups in total. The van der Waals surface area contributed by atoms with Gasteiger partial charge in [-0.2, -0.15) is 0 Å². The van der Waals surface area contributed by atoms with Crippen molar-refractivity contribution in [2.45, 2.75) is 18.9 Å². The molecular formula is C24H22N2OS. The van der Waals surface area contributed by atoms with Crippen molar-refractivity contribution >= 4 is 27.5 Å². The molecule has 1 atom stereocenters. The molecule has 3 nitrogen and oxygen atoms in total. The van der Waals surface area contributed by atoms with Crippen LogP contribution in [-0.4, -0.2) is 22.8 Å². The van der Waals surface area contributed by atoms with Crippen LogP contribution in [0.1, 0.15) is 35.0 Å². The van der Waals surface area contributed by atoms with Crippen LogP contribution < -0.4 is 0 Å². The van der Waals surface area contributed by atoms with E-state index in [0.29, 0.717) is 0 Å². The number of aromatic nitrogens is 1. The molecule has 0 unspecified atom stereocenters. The van der Waals surface area contributed by atoms with Crippen LogP contribution in [-0.2, 0) is 4.79 Å². The van der Waals surface area contributed by atoms with E-state index in [1.807, 2.05) is 97.7 Å². The Bertz CT molecular complexity index is 1000. The number of thiazole rings is 1. The standard InChI is InChI=1S/C24H22N2OS/c1-17(23-25-20-15-9-10-16-21(20)28-23)26(2)24(27)22(18-11-5-3-6-12-18)19-13-7-4-8-14-19/h3-17,22H,1-2H3/t17-/m0/s1. The van der Waals surface area contributed by atoms with Gasteiger partial charge in [0, 0.05) is 7.05 Å². The second-order valence-electron chi connectivity index (χ2n) is 6.90. The molecular weight excluding hydrogens is 364 g/mol. The van der Waals surface area contributed by atoms with E-state index in [1.54, 1.807) is 11.3 Å². The van der Waals surface area contributed by atoms with Gasteiger partial charge in [0.15, 0.2) is 0 Å². The Morgan fingerprint density at radius 3 is 1.96 bits per heavy atom. The topological polar surface area (TPSA) is 33.2 Å². The zero-order valence-electron chi connectivity index (χ0n) is 15.9. The summed E-state index contributed by atoms with van der Waals surface area (Å²) in [6, 6.07) is 28.0. The molecule has 0 aliphatic carbocycles. The fraction of sp³-hybridized carbons (Fsp3) is 0.167. The number of hydrogen-bond acceptors (Lipinski definition) is 3. The van der Waals surface area contributed by atoms with Gasteiger partial charge in [-0.1, -0.05) is 72.8 Å². The number of nitrogens with zero attached hydrogens (tertiary/aromatic N) is 2. The summed E-state index contributed by atoms with van der Waals surface area (Å²) in [5.41, 5.74) is 2.99. The lowest BCUT2D eigenvalue weighted by atomic mass is 9.90.